The number of halogens is 1. The maximum Gasteiger partial charge on any atom is 0.269 e. The van der Waals surface area contributed by atoms with E-state index in [0.29, 0.717) is 11.6 Å². The minimum Gasteiger partial charge on any atom is -0.341 e. The Hall–Kier alpha value is -2.40. The topological polar surface area (TPSA) is 63.5 Å². The standard InChI is InChI=1S/C16H15ClN2O3/c1-18(11-13-2-6-14(17)7-3-13)16(20)10-12-4-8-15(9-5-12)19(21)22/h2-9H,10-11H2,1H3. The van der Waals surface area contributed by atoms with Crippen molar-refractivity contribution < 1.29 is 9.72 Å². The number of nitro benzene ring substituents is 1. The summed E-state index contributed by atoms with van der Waals surface area (Å²) >= 11 is 5.82. The zero-order chi connectivity index (χ0) is 16.1. The second-order valence-electron chi connectivity index (χ2n) is 4.98. The predicted molar refractivity (Wildman–Crippen MR) is 84.7 cm³/mol. The van der Waals surface area contributed by atoms with Gasteiger partial charge < -0.3 is 4.90 Å². The Balaban J connectivity index is 1.95. The number of hydrogen-bond donors (Lipinski definition) is 0. The molecule has 5 nitrogen and oxygen atoms in total. The fourth-order valence-electron chi connectivity index (χ4n) is 2.00. The smallest absolute Gasteiger partial charge is 0.269 e. The predicted octanol–water partition coefficient (Wildman–Crippen LogP) is 3.45. The van der Waals surface area contributed by atoms with Crippen LogP contribution in [0.3, 0.4) is 0 Å². The van der Waals surface area contributed by atoms with Crippen LogP contribution in [0.1, 0.15) is 11.1 Å². The molecular formula is C16H15ClN2O3. The molecule has 2 rings (SSSR count). The third-order valence-electron chi connectivity index (χ3n) is 3.26. The highest BCUT2D eigenvalue weighted by Crippen LogP contribution is 2.14. The summed E-state index contributed by atoms with van der Waals surface area (Å²) in [6, 6.07) is 13.3. The number of carbonyl (C=O) groups excluding carboxylic acids is 1. The van der Waals surface area contributed by atoms with Gasteiger partial charge in [-0.15, -0.1) is 0 Å². The first-order valence-corrected chi connectivity index (χ1v) is 7.05. The molecule has 0 heterocycles. The highest BCUT2D eigenvalue weighted by molar-refractivity contribution is 6.30. The molecule has 0 fully saturated rings. The van der Waals surface area contributed by atoms with Crippen LogP contribution in [0.25, 0.3) is 0 Å². The first-order chi connectivity index (χ1) is 10.5. The number of likely N-dealkylation sites (N-methyl/N-ethyl adjacent to an activating group) is 1. The van der Waals surface area contributed by atoms with Crippen molar-refractivity contribution in [2.24, 2.45) is 0 Å². The number of nitrogens with zero attached hydrogens (tertiary/aromatic N) is 2. The third kappa shape index (κ3) is 4.30. The van der Waals surface area contributed by atoms with Crippen LogP contribution in [0.2, 0.25) is 5.02 Å². The lowest BCUT2D eigenvalue weighted by Gasteiger charge is -2.17. The van der Waals surface area contributed by atoms with Gasteiger partial charge in [0.05, 0.1) is 11.3 Å². The van der Waals surface area contributed by atoms with E-state index in [2.05, 4.69) is 0 Å². The van der Waals surface area contributed by atoms with Gasteiger partial charge in [-0.05, 0) is 23.3 Å². The van der Waals surface area contributed by atoms with Crippen LogP contribution in [0.15, 0.2) is 48.5 Å². The van der Waals surface area contributed by atoms with Gasteiger partial charge in [-0.25, -0.2) is 0 Å². The fourth-order valence-corrected chi connectivity index (χ4v) is 2.12. The van der Waals surface area contributed by atoms with Gasteiger partial charge >= 0.3 is 0 Å². The molecule has 0 aromatic heterocycles. The van der Waals surface area contributed by atoms with Crippen LogP contribution in [-0.4, -0.2) is 22.8 Å². The van der Waals surface area contributed by atoms with Gasteiger partial charge in [-0.1, -0.05) is 35.9 Å². The van der Waals surface area contributed by atoms with Crippen molar-refractivity contribution in [2.75, 3.05) is 7.05 Å². The first kappa shape index (κ1) is 16.0. The Morgan fingerprint density at radius 1 is 1.09 bits per heavy atom. The summed E-state index contributed by atoms with van der Waals surface area (Å²) in [6.07, 6.45) is 0.210. The van der Waals surface area contributed by atoms with E-state index < -0.39 is 4.92 Å². The molecule has 0 N–H and O–H groups in total. The van der Waals surface area contributed by atoms with Crippen molar-refractivity contribution in [3.05, 3.63) is 74.8 Å². The van der Waals surface area contributed by atoms with E-state index in [-0.39, 0.29) is 18.0 Å². The third-order valence-corrected chi connectivity index (χ3v) is 3.51. The highest BCUT2D eigenvalue weighted by Gasteiger charge is 2.11. The molecule has 0 aliphatic rings. The molecule has 0 aliphatic heterocycles. The first-order valence-electron chi connectivity index (χ1n) is 6.67. The second kappa shape index (κ2) is 7.04. The van der Waals surface area contributed by atoms with Gasteiger partial charge in [0.25, 0.3) is 5.69 Å². The summed E-state index contributed by atoms with van der Waals surface area (Å²) in [5, 5.41) is 11.2. The van der Waals surface area contributed by atoms with Crippen LogP contribution in [0.5, 0.6) is 0 Å². The van der Waals surface area contributed by atoms with Gasteiger partial charge in [0.15, 0.2) is 0 Å². The average molecular weight is 319 g/mol. The number of carbonyl (C=O) groups is 1. The van der Waals surface area contributed by atoms with Gasteiger partial charge in [-0.3, -0.25) is 14.9 Å². The van der Waals surface area contributed by atoms with E-state index >= 15 is 0 Å². The van der Waals surface area contributed by atoms with E-state index in [1.807, 2.05) is 12.1 Å². The molecule has 0 saturated carbocycles. The van der Waals surface area contributed by atoms with Crippen LogP contribution < -0.4 is 0 Å². The van der Waals surface area contributed by atoms with Crippen LogP contribution in [0.4, 0.5) is 5.69 Å². The SMILES string of the molecule is CN(Cc1ccc(Cl)cc1)C(=O)Cc1ccc([N+](=O)[O-])cc1. The zero-order valence-electron chi connectivity index (χ0n) is 12.0. The molecule has 0 unspecified atom stereocenters. The summed E-state index contributed by atoms with van der Waals surface area (Å²) in [5.74, 6) is -0.0520. The maximum atomic E-state index is 12.2. The summed E-state index contributed by atoms with van der Waals surface area (Å²) in [5.41, 5.74) is 1.76. The summed E-state index contributed by atoms with van der Waals surface area (Å²) in [7, 11) is 1.72. The molecule has 0 aliphatic carbocycles. The van der Waals surface area contributed by atoms with Crippen LogP contribution in [0, 0.1) is 10.1 Å². The molecule has 114 valence electrons. The van der Waals surface area contributed by atoms with Crippen molar-refractivity contribution in [1.29, 1.82) is 0 Å². The van der Waals surface area contributed by atoms with Crippen molar-refractivity contribution >= 4 is 23.2 Å². The number of non-ortho nitro benzene ring substituents is 1. The molecule has 0 spiro atoms. The lowest BCUT2D eigenvalue weighted by Crippen LogP contribution is -2.27. The molecular weight excluding hydrogens is 304 g/mol. The van der Waals surface area contributed by atoms with Crippen LogP contribution in [-0.2, 0) is 17.8 Å². The Morgan fingerprint density at radius 2 is 1.64 bits per heavy atom. The summed E-state index contributed by atoms with van der Waals surface area (Å²) in [4.78, 5) is 23.9. The summed E-state index contributed by atoms with van der Waals surface area (Å²) in [6.45, 7) is 0.489. The molecule has 6 heteroatoms. The molecule has 2 aromatic rings. The van der Waals surface area contributed by atoms with Crippen molar-refractivity contribution in [3.63, 3.8) is 0 Å². The van der Waals surface area contributed by atoms with Crippen molar-refractivity contribution in [2.45, 2.75) is 13.0 Å². The number of benzene rings is 2. The van der Waals surface area contributed by atoms with E-state index in [0.717, 1.165) is 11.1 Å². The summed E-state index contributed by atoms with van der Waals surface area (Å²) < 4.78 is 0. The molecule has 0 atom stereocenters. The largest absolute Gasteiger partial charge is 0.341 e. The Morgan fingerprint density at radius 3 is 2.18 bits per heavy atom. The number of rotatable bonds is 5. The maximum absolute atomic E-state index is 12.2. The highest BCUT2D eigenvalue weighted by atomic mass is 35.5. The average Bonchev–Trinajstić information content (AvgIpc) is 2.50. The lowest BCUT2D eigenvalue weighted by molar-refractivity contribution is -0.384. The number of amides is 1. The molecule has 1 amide bonds. The van der Waals surface area contributed by atoms with Crippen LogP contribution >= 0.6 is 11.6 Å². The van der Waals surface area contributed by atoms with Gasteiger partial charge in [0.1, 0.15) is 0 Å². The van der Waals surface area contributed by atoms with E-state index in [4.69, 9.17) is 11.6 Å². The van der Waals surface area contributed by atoms with Crippen molar-refractivity contribution in [1.82, 2.24) is 4.90 Å². The number of hydrogen-bond acceptors (Lipinski definition) is 3. The van der Waals surface area contributed by atoms with Gasteiger partial charge in [0, 0.05) is 30.7 Å². The molecule has 0 radical (unpaired) electrons. The molecule has 22 heavy (non-hydrogen) atoms. The molecule has 2 aromatic carbocycles. The normalized spacial score (nSPS) is 10.3. The Bertz CT molecular complexity index is 669. The molecule has 0 bridgehead atoms. The van der Waals surface area contributed by atoms with E-state index in [9.17, 15) is 14.9 Å². The number of nitro groups is 1. The zero-order valence-corrected chi connectivity index (χ0v) is 12.8. The second-order valence-corrected chi connectivity index (χ2v) is 5.41. The quantitative estimate of drug-likeness (QED) is 0.626. The minimum atomic E-state index is -0.460. The van der Waals surface area contributed by atoms with Crippen molar-refractivity contribution in [3.8, 4) is 0 Å². The fraction of sp³-hybridized carbons (Fsp3) is 0.188. The van der Waals surface area contributed by atoms with E-state index in [1.54, 1.807) is 36.2 Å². The monoisotopic (exact) mass is 318 g/mol. The minimum absolute atomic E-state index is 0.0192. The lowest BCUT2D eigenvalue weighted by atomic mass is 10.1. The van der Waals surface area contributed by atoms with Gasteiger partial charge in [0.2, 0.25) is 5.91 Å². The van der Waals surface area contributed by atoms with E-state index in [1.165, 1.54) is 12.1 Å². The Labute approximate surface area is 133 Å². The molecule has 0 saturated heterocycles. The Kier molecular flexibility index (Phi) is 5.12. The van der Waals surface area contributed by atoms with Gasteiger partial charge in [-0.2, -0.15) is 0 Å².